The van der Waals surface area contributed by atoms with E-state index < -0.39 is 32.8 Å². The molecule has 0 radical (unpaired) electrons. The predicted molar refractivity (Wildman–Crippen MR) is 125 cm³/mol. The molecule has 1 unspecified atom stereocenters. The molecule has 0 spiro atoms. The van der Waals surface area contributed by atoms with E-state index in [1.165, 1.54) is 12.1 Å². The van der Waals surface area contributed by atoms with Crippen molar-refractivity contribution in [2.75, 3.05) is 23.0 Å². The van der Waals surface area contributed by atoms with E-state index in [2.05, 4.69) is 17.2 Å². The van der Waals surface area contributed by atoms with E-state index >= 15 is 0 Å². The van der Waals surface area contributed by atoms with Crippen molar-refractivity contribution in [1.29, 1.82) is 10.5 Å². The Morgan fingerprint density at radius 3 is 2.22 bits per heavy atom. The Morgan fingerprint density at radius 1 is 1.08 bits per heavy atom. The van der Waals surface area contributed by atoms with Gasteiger partial charge in [-0.1, -0.05) is 18.2 Å². The molecule has 0 saturated carbocycles. The normalized spacial score (nSPS) is 14.9. The zero-order valence-corrected chi connectivity index (χ0v) is 22.2. The zero-order chi connectivity index (χ0) is 25.6. The Hall–Kier alpha value is -3.26. The Morgan fingerprint density at radius 2 is 1.69 bits per heavy atom. The Labute approximate surface area is 230 Å². The number of hydrazone groups is 1. The largest absolute Gasteiger partial charge is 1.00 e. The summed E-state index contributed by atoms with van der Waals surface area (Å²) in [5.74, 6) is -3.14. The molecular formula is C23H21N5NaO6S+. The van der Waals surface area contributed by atoms with E-state index in [0.29, 0.717) is 18.7 Å². The predicted octanol–water partition coefficient (Wildman–Crippen LogP) is -0.783. The number of amides is 1. The molecule has 36 heavy (non-hydrogen) atoms. The fourth-order valence-corrected chi connectivity index (χ4v) is 4.17. The van der Waals surface area contributed by atoms with Gasteiger partial charge in [0.25, 0.3) is 16.0 Å². The second-order valence-corrected chi connectivity index (χ2v) is 9.06. The van der Waals surface area contributed by atoms with Crippen LogP contribution in [0.1, 0.15) is 18.4 Å². The summed E-state index contributed by atoms with van der Waals surface area (Å²) in [6.45, 7) is 0.901. The first-order chi connectivity index (χ1) is 16.7. The molecule has 0 fully saturated rings. The van der Waals surface area contributed by atoms with E-state index in [4.69, 9.17) is 10.5 Å². The Kier molecular flexibility index (Phi) is 10.2. The van der Waals surface area contributed by atoms with Gasteiger partial charge in [0.05, 0.1) is 41.5 Å². The third-order valence-electron chi connectivity index (χ3n) is 5.35. The van der Waals surface area contributed by atoms with Gasteiger partial charge in [-0.25, -0.2) is 4.79 Å². The van der Waals surface area contributed by atoms with Gasteiger partial charge >= 0.3 is 35.5 Å². The maximum atomic E-state index is 13.1. The van der Waals surface area contributed by atoms with Crippen molar-refractivity contribution in [3.05, 3.63) is 54.1 Å². The van der Waals surface area contributed by atoms with E-state index in [-0.39, 0.29) is 60.2 Å². The van der Waals surface area contributed by atoms with Crippen LogP contribution in [0.3, 0.4) is 0 Å². The molecule has 0 bridgehead atoms. The number of benzene rings is 2. The number of aliphatic carboxylic acids is 1. The van der Waals surface area contributed by atoms with Crippen LogP contribution in [-0.4, -0.2) is 48.8 Å². The van der Waals surface area contributed by atoms with Gasteiger partial charge in [0, 0.05) is 18.8 Å². The third kappa shape index (κ3) is 6.91. The van der Waals surface area contributed by atoms with Gasteiger partial charge in [-0.3, -0.25) is 9.35 Å². The molecule has 2 N–H and O–H groups in total. The molecular weight excluding hydrogens is 497 g/mol. The van der Waals surface area contributed by atoms with E-state index in [9.17, 15) is 27.7 Å². The molecule has 1 atom stereocenters. The van der Waals surface area contributed by atoms with Crippen LogP contribution in [0.2, 0.25) is 0 Å². The van der Waals surface area contributed by atoms with Crippen molar-refractivity contribution in [2.24, 2.45) is 11.0 Å². The van der Waals surface area contributed by atoms with Crippen LogP contribution in [-0.2, 0) is 26.1 Å². The van der Waals surface area contributed by atoms with Crippen LogP contribution < -0.4 is 39.5 Å². The molecule has 0 saturated heterocycles. The van der Waals surface area contributed by atoms with Crippen LogP contribution in [0.25, 0.3) is 0 Å². The van der Waals surface area contributed by atoms with Crippen molar-refractivity contribution >= 4 is 39.1 Å². The first kappa shape index (κ1) is 29.0. The topological polar surface area (TPSA) is 175 Å². The number of rotatable bonds is 10. The number of carboxylic acids is 1. The van der Waals surface area contributed by atoms with E-state index in [1.54, 1.807) is 24.3 Å². The summed E-state index contributed by atoms with van der Waals surface area (Å²) in [4.78, 5) is 26.3. The summed E-state index contributed by atoms with van der Waals surface area (Å²) < 4.78 is 32.1. The number of hydrogen-bond donors (Lipinski definition) is 2. The zero-order valence-electron chi connectivity index (χ0n) is 19.4. The van der Waals surface area contributed by atoms with E-state index in [1.807, 2.05) is 4.90 Å². The van der Waals surface area contributed by atoms with Crippen LogP contribution >= 0.6 is 0 Å². The molecule has 1 aliphatic rings. The summed E-state index contributed by atoms with van der Waals surface area (Å²) in [6, 6.07) is 16.0. The monoisotopic (exact) mass is 518 g/mol. The number of carbonyl (C=O) groups excluding carboxylic acids is 1. The van der Waals surface area contributed by atoms with Gasteiger partial charge < -0.3 is 10.0 Å². The quantitative estimate of drug-likeness (QED) is 0.302. The van der Waals surface area contributed by atoms with Crippen LogP contribution in [0.5, 0.6) is 0 Å². The summed E-state index contributed by atoms with van der Waals surface area (Å²) in [7, 11) is -4.53. The van der Waals surface area contributed by atoms with Crippen molar-refractivity contribution in [3.8, 4) is 12.1 Å². The van der Waals surface area contributed by atoms with Gasteiger partial charge in [0.1, 0.15) is 0 Å². The van der Waals surface area contributed by atoms with Gasteiger partial charge in [-0.05, 0) is 42.3 Å². The third-order valence-corrected chi connectivity index (χ3v) is 6.20. The van der Waals surface area contributed by atoms with Crippen molar-refractivity contribution in [2.45, 2.75) is 24.2 Å². The molecule has 180 valence electrons. The van der Waals surface area contributed by atoms with Crippen molar-refractivity contribution in [1.82, 2.24) is 0 Å². The van der Waals surface area contributed by atoms with Crippen LogP contribution in [0.4, 0.5) is 11.4 Å². The van der Waals surface area contributed by atoms with Gasteiger partial charge in [0.15, 0.2) is 5.71 Å². The number of hydrogen-bond acceptors (Lipinski definition) is 8. The first-order valence-electron chi connectivity index (χ1n) is 10.5. The maximum absolute atomic E-state index is 13.1. The average molecular weight is 519 g/mol. The molecule has 0 aromatic heterocycles. The summed E-state index contributed by atoms with van der Waals surface area (Å²) >= 11 is 0. The average Bonchev–Trinajstić information content (AvgIpc) is 3.15. The fourth-order valence-electron chi connectivity index (χ4n) is 3.65. The van der Waals surface area contributed by atoms with E-state index in [0.717, 1.165) is 22.8 Å². The summed E-state index contributed by atoms with van der Waals surface area (Å²) in [6.07, 6.45) is 0.614. The number of anilines is 2. The Balaban J connectivity index is 0.00000456. The van der Waals surface area contributed by atoms with Crippen LogP contribution in [0, 0.1) is 28.6 Å². The van der Waals surface area contributed by atoms with Crippen LogP contribution in [0.15, 0.2) is 58.5 Å². The molecule has 1 aliphatic heterocycles. The minimum Gasteiger partial charge on any atom is -0.477 e. The number of nitrogens with zero attached hydrogens (tertiary/aromatic N) is 5. The number of carboxylic acid groups (broad SMARTS) is 1. The smallest absolute Gasteiger partial charge is 0.477 e. The minimum atomic E-state index is -4.53. The Bertz CT molecular complexity index is 1330. The first-order valence-corrected chi connectivity index (χ1v) is 11.9. The summed E-state index contributed by atoms with van der Waals surface area (Å²) in [5.41, 5.74) is 1.07. The SMILES string of the molecule is N#CCCN(CCC#N)c1ccc(CC2C(=O)N(c3cccc(S(=O)(=O)O)c3)N=C2C(=O)O)cc1.[Na+]. The molecule has 13 heteroatoms. The summed E-state index contributed by atoms with van der Waals surface area (Å²) in [5, 5.41) is 32.1. The molecule has 2 aromatic rings. The number of nitriles is 2. The number of carbonyl (C=O) groups is 2. The molecule has 11 nitrogen and oxygen atoms in total. The molecule has 0 aliphatic carbocycles. The molecule has 3 rings (SSSR count). The fraction of sp³-hybridized carbons (Fsp3) is 0.261. The molecule has 1 amide bonds. The minimum absolute atomic E-state index is 0. The van der Waals surface area contributed by atoms with Crippen molar-refractivity contribution in [3.63, 3.8) is 0 Å². The second kappa shape index (κ2) is 12.6. The second-order valence-electron chi connectivity index (χ2n) is 7.64. The van der Waals surface area contributed by atoms with Gasteiger partial charge in [0.2, 0.25) is 0 Å². The molecule has 1 heterocycles. The maximum Gasteiger partial charge on any atom is 1.00 e. The van der Waals surface area contributed by atoms with Gasteiger partial charge in [-0.2, -0.15) is 29.1 Å². The van der Waals surface area contributed by atoms with Crippen molar-refractivity contribution < 1.29 is 57.2 Å². The molecule has 2 aromatic carbocycles. The standard InChI is InChI=1S/C23H21N5O6S.Na/c24-10-2-12-27(13-3-11-25)17-8-6-16(7-9-17)14-20-21(23(30)31)26-28(22(20)29)18-4-1-5-19(15-18)35(32,33)34;/h1,4-9,15,20H,2-3,12-14H2,(H,30,31)(H,32,33,34);/q;+1. The van der Waals surface area contributed by atoms with Gasteiger partial charge in [-0.15, -0.1) is 0 Å².